The van der Waals surface area contributed by atoms with Gasteiger partial charge >= 0.3 is 0 Å². The predicted molar refractivity (Wildman–Crippen MR) is 109 cm³/mol. The Hall–Kier alpha value is -2.78. The third kappa shape index (κ3) is 3.50. The molecule has 1 aromatic heterocycles. The predicted octanol–water partition coefficient (Wildman–Crippen LogP) is 3.22. The zero-order valence-electron chi connectivity index (χ0n) is 15.3. The number of sulfonamides is 1. The number of hydrogen-bond acceptors (Lipinski definition) is 6. The Balaban J connectivity index is 1.57. The first-order valence-corrected chi connectivity index (χ1v) is 11.0. The molecule has 1 aliphatic rings. The molecule has 144 valence electrons. The van der Waals surface area contributed by atoms with Crippen molar-refractivity contribution in [3.8, 4) is 10.6 Å². The monoisotopic (exact) mass is 414 g/mol. The van der Waals surface area contributed by atoms with E-state index in [0.29, 0.717) is 18.0 Å². The van der Waals surface area contributed by atoms with Crippen LogP contribution in [-0.4, -0.2) is 31.1 Å². The fraction of sp³-hybridized carbons (Fsp3) is 0.211. The minimum absolute atomic E-state index is 0.0509. The second-order valence-corrected chi connectivity index (χ2v) is 9.25. The van der Waals surface area contributed by atoms with Gasteiger partial charge in [0.25, 0.3) is 10.0 Å². The van der Waals surface area contributed by atoms with E-state index in [9.17, 15) is 13.2 Å². The van der Waals surface area contributed by atoms with Crippen LogP contribution >= 0.6 is 11.3 Å². The minimum Gasteiger partial charge on any atom is -0.312 e. The molecule has 0 saturated heterocycles. The van der Waals surface area contributed by atoms with Crippen LogP contribution in [0.4, 0.5) is 10.8 Å². The van der Waals surface area contributed by atoms with Gasteiger partial charge in [0.2, 0.25) is 11.0 Å². The number of hydrogen-bond donors (Lipinski definition) is 1. The molecule has 28 heavy (non-hydrogen) atoms. The Morgan fingerprint density at radius 1 is 1.14 bits per heavy atom. The van der Waals surface area contributed by atoms with Crippen molar-refractivity contribution in [2.24, 2.45) is 0 Å². The number of carbonyl (C=O) groups excluding carboxylic acids is 1. The second kappa shape index (κ2) is 6.99. The van der Waals surface area contributed by atoms with Crippen molar-refractivity contribution in [1.29, 1.82) is 0 Å². The van der Waals surface area contributed by atoms with Crippen LogP contribution in [0.1, 0.15) is 18.1 Å². The van der Waals surface area contributed by atoms with Gasteiger partial charge in [-0.2, -0.15) is 0 Å². The van der Waals surface area contributed by atoms with Gasteiger partial charge in [-0.3, -0.25) is 9.52 Å². The molecule has 3 aromatic rings. The summed E-state index contributed by atoms with van der Waals surface area (Å²) in [5, 5.41) is 8.89. The van der Waals surface area contributed by atoms with Crippen molar-refractivity contribution in [2.75, 3.05) is 16.2 Å². The number of fused-ring (bicyclic) bond motifs is 1. The van der Waals surface area contributed by atoms with Crippen molar-refractivity contribution >= 4 is 38.1 Å². The summed E-state index contributed by atoms with van der Waals surface area (Å²) in [4.78, 5) is 13.4. The zero-order valence-corrected chi connectivity index (χ0v) is 17.0. The Morgan fingerprint density at radius 2 is 1.89 bits per heavy atom. The van der Waals surface area contributed by atoms with Gasteiger partial charge in [0.15, 0.2) is 0 Å². The van der Waals surface area contributed by atoms with Crippen LogP contribution in [0.5, 0.6) is 0 Å². The SMILES string of the molecule is CC(=O)N1CCc2cc(S(=O)(=O)Nc3nnc(-c4ccc(C)cc4)s3)ccc21. The highest BCUT2D eigenvalue weighted by atomic mass is 32.2. The van der Waals surface area contributed by atoms with Crippen LogP contribution in [0, 0.1) is 6.92 Å². The quantitative estimate of drug-likeness (QED) is 0.708. The van der Waals surface area contributed by atoms with E-state index in [2.05, 4.69) is 14.9 Å². The summed E-state index contributed by atoms with van der Waals surface area (Å²) in [6, 6.07) is 12.6. The van der Waals surface area contributed by atoms with Gasteiger partial charge in [-0.15, -0.1) is 10.2 Å². The Kier molecular flexibility index (Phi) is 4.64. The fourth-order valence-corrected chi connectivity index (χ4v) is 5.15. The van der Waals surface area contributed by atoms with E-state index in [1.165, 1.54) is 24.3 Å². The summed E-state index contributed by atoms with van der Waals surface area (Å²) >= 11 is 1.18. The fourth-order valence-electron chi connectivity index (χ4n) is 3.12. The largest absolute Gasteiger partial charge is 0.312 e. The Bertz CT molecular complexity index is 1150. The molecule has 0 unspecified atom stereocenters. The Labute approximate surface area is 167 Å². The smallest absolute Gasteiger partial charge is 0.263 e. The van der Waals surface area contributed by atoms with E-state index in [4.69, 9.17) is 0 Å². The number of benzene rings is 2. The van der Waals surface area contributed by atoms with Crippen LogP contribution < -0.4 is 9.62 Å². The average molecular weight is 415 g/mol. The van der Waals surface area contributed by atoms with Gasteiger partial charge in [0.1, 0.15) is 5.01 Å². The van der Waals surface area contributed by atoms with Crippen molar-refractivity contribution in [1.82, 2.24) is 10.2 Å². The van der Waals surface area contributed by atoms with Crippen LogP contribution in [0.2, 0.25) is 0 Å². The normalized spacial score (nSPS) is 13.4. The lowest BCUT2D eigenvalue weighted by Crippen LogP contribution is -2.25. The van der Waals surface area contributed by atoms with E-state index in [1.807, 2.05) is 31.2 Å². The van der Waals surface area contributed by atoms with Gasteiger partial charge in [0.05, 0.1) is 4.90 Å². The van der Waals surface area contributed by atoms with Gasteiger partial charge in [0, 0.05) is 24.7 Å². The third-order valence-electron chi connectivity index (χ3n) is 4.58. The summed E-state index contributed by atoms with van der Waals surface area (Å²) in [6.07, 6.45) is 0.634. The number of aryl methyl sites for hydroxylation is 1. The average Bonchev–Trinajstić information content (AvgIpc) is 3.28. The summed E-state index contributed by atoms with van der Waals surface area (Å²) in [7, 11) is -3.79. The molecular weight excluding hydrogens is 396 g/mol. The summed E-state index contributed by atoms with van der Waals surface area (Å²) in [5.41, 5.74) is 3.63. The molecule has 1 N–H and O–H groups in total. The van der Waals surface area contributed by atoms with Crippen molar-refractivity contribution < 1.29 is 13.2 Å². The molecule has 2 heterocycles. The van der Waals surface area contributed by atoms with Gasteiger partial charge in [-0.05, 0) is 37.1 Å². The lowest BCUT2D eigenvalue weighted by atomic mass is 10.2. The molecule has 0 saturated carbocycles. The Morgan fingerprint density at radius 3 is 2.61 bits per heavy atom. The molecule has 4 rings (SSSR count). The van der Waals surface area contributed by atoms with Crippen LogP contribution in [0.15, 0.2) is 47.4 Å². The van der Waals surface area contributed by atoms with Gasteiger partial charge in [-0.1, -0.05) is 41.2 Å². The molecule has 0 bridgehead atoms. The highest BCUT2D eigenvalue weighted by molar-refractivity contribution is 7.93. The number of nitrogens with zero attached hydrogens (tertiary/aromatic N) is 3. The first kappa shape index (κ1) is 18.6. The number of amides is 1. The third-order valence-corrected chi connectivity index (χ3v) is 6.94. The maximum atomic E-state index is 12.8. The standard InChI is InChI=1S/C19H18N4O3S2/c1-12-3-5-14(6-4-12)18-20-21-19(27-18)22-28(25,26)16-7-8-17-15(11-16)9-10-23(17)13(2)24/h3-8,11H,9-10H2,1-2H3,(H,21,22). The van der Waals surface area contributed by atoms with Gasteiger partial charge in [-0.25, -0.2) is 8.42 Å². The van der Waals surface area contributed by atoms with Crippen molar-refractivity contribution in [3.05, 3.63) is 53.6 Å². The van der Waals surface area contributed by atoms with Crippen molar-refractivity contribution in [2.45, 2.75) is 25.2 Å². The first-order chi connectivity index (χ1) is 13.3. The number of aromatic nitrogens is 2. The second-order valence-electron chi connectivity index (χ2n) is 6.60. The first-order valence-electron chi connectivity index (χ1n) is 8.68. The molecule has 1 amide bonds. The van der Waals surface area contributed by atoms with Crippen LogP contribution in [-0.2, 0) is 21.2 Å². The highest BCUT2D eigenvalue weighted by Gasteiger charge is 2.25. The number of carbonyl (C=O) groups is 1. The lowest BCUT2D eigenvalue weighted by Gasteiger charge is -2.14. The summed E-state index contributed by atoms with van der Waals surface area (Å²) in [5.74, 6) is -0.0509. The molecule has 2 aromatic carbocycles. The molecule has 9 heteroatoms. The maximum absolute atomic E-state index is 12.8. The molecule has 0 atom stereocenters. The molecule has 1 aliphatic heterocycles. The summed E-state index contributed by atoms with van der Waals surface area (Å²) in [6.45, 7) is 4.07. The van der Waals surface area contributed by atoms with Crippen LogP contribution in [0.25, 0.3) is 10.6 Å². The molecule has 0 fully saturated rings. The molecule has 0 aliphatic carbocycles. The molecule has 7 nitrogen and oxygen atoms in total. The minimum atomic E-state index is -3.79. The van der Waals surface area contributed by atoms with Crippen molar-refractivity contribution in [3.63, 3.8) is 0 Å². The van der Waals surface area contributed by atoms with E-state index in [1.54, 1.807) is 17.0 Å². The number of nitrogens with one attached hydrogen (secondary N) is 1. The van der Waals surface area contributed by atoms with Crippen LogP contribution in [0.3, 0.4) is 0 Å². The van der Waals surface area contributed by atoms with Gasteiger partial charge < -0.3 is 4.90 Å². The van der Waals surface area contributed by atoms with E-state index in [-0.39, 0.29) is 15.9 Å². The summed E-state index contributed by atoms with van der Waals surface area (Å²) < 4.78 is 28.0. The number of rotatable bonds is 4. The van der Waals surface area contributed by atoms with E-state index < -0.39 is 10.0 Å². The number of anilines is 2. The molecule has 0 spiro atoms. The maximum Gasteiger partial charge on any atom is 0.263 e. The molecular formula is C19H18N4O3S2. The molecule has 0 radical (unpaired) electrons. The van der Waals surface area contributed by atoms with E-state index >= 15 is 0 Å². The topological polar surface area (TPSA) is 92.3 Å². The highest BCUT2D eigenvalue weighted by Crippen LogP contribution is 2.32. The zero-order chi connectivity index (χ0) is 19.9. The lowest BCUT2D eigenvalue weighted by molar-refractivity contribution is -0.116. The van der Waals surface area contributed by atoms with E-state index in [0.717, 1.165) is 22.4 Å².